The Morgan fingerprint density at radius 1 is 1.41 bits per heavy atom. The Morgan fingerprint density at radius 3 is 2.91 bits per heavy atom. The molecule has 0 atom stereocenters. The normalized spacial score (nSPS) is 15.7. The minimum absolute atomic E-state index is 0.00912. The van der Waals surface area contributed by atoms with Crippen molar-refractivity contribution in [3.05, 3.63) is 40.9 Å². The Balaban J connectivity index is 1.69. The van der Waals surface area contributed by atoms with Gasteiger partial charge in [0.05, 0.1) is 17.3 Å². The molecule has 0 radical (unpaired) electrons. The Hall–Kier alpha value is -1.99. The van der Waals surface area contributed by atoms with Gasteiger partial charge >= 0.3 is 0 Å². The zero-order chi connectivity index (χ0) is 15.5. The van der Waals surface area contributed by atoms with Crippen LogP contribution in [0.25, 0.3) is 0 Å². The highest BCUT2D eigenvalue weighted by molar-refractivity contribution is 6.30. The van der Waals surface area contributed by atoms with Gasteiger partial charge in [-0.3, -0.25) is 4.79 Å². The van der Waals surface area contributed by atoms with Crippen molar-refractivity contribution in [1.82, 2.24) is 20.3 Å². The third-order valence-electron chi connectivity index (χ3n) is 3.60. The summed E-state index contributed by atoms with van der Waals surface area (Å²) < 4.78 is 15.1. The lowest BCUT2D eigenvalue weighted by molar-refractivity contribution is 0.102. The van der Waals surface area contributed by atoms with Gasteiger partial charge in [0.25, 0.3) is 5.91 Å². The maximum absolute atomic E-state index is 13.4. The second kappa shape index (κ2) is 6.41. The van der Waals surface area contributed by atoms with E-state index >= 15 is 0 Å². The molecule has 2 N–H and O–H groups in total. The largest absolute Gasteiger partial charge is 0.320 e. The van der Waals surface area contributed by atoms with E-state index in [1.165, 1.54) is 12.1 Å². The summed E-state index contributed by atoms with van der Waals surface area (Å²) in [7, 11) is 0. The average molecular weight is 324 g/mol. The fourth-order valence-electron chi connectivity index (χ4n) is 2.40. The Morgan fingerprint density at radius 2 is 2.18 bits per heavy atom. The zero-order valence-electron chi connectivity index (χ0n) is 11.7. The van der Waals surface area contributed by atoms with Crippen LogP contribution in [0, 0.1) is 5.82 Å². The molecule has 22 heavy (non-hydrogen) atoms. The van der Waals surface area contributed by atoms with E-state index in [1.54, 1.807) is 10.9 Å². The molecule has 1 fully saturated rings. The van der Waals surface area contributed by atoms with E-state index < -0.39 is 11.7 Å². The van der Waals surface area contributed by atoms with Crippen LogP contribution in [0.1, 0.15) is 29.4 Å². The number of hydrogen-bond donors (Lipinski definition) is 2. The van der Waals surface area contributed by atoms with Gasteiger partial charge < -0.3 is 10.6 Å². The lowest BCUT2D eigenvalue weighted by Gasteiger charge is -2.22. The van der Waals surface area contributed by atoms with Crippen LogP contribution < -0.4 is 10.6 Å². The van der Waals surface area contributed by atoms with Gasteiger partial charge in [-0.15, -0.1) is 5.10 Å². The monoisotopic (exact) mass is 323 g/mol. The minimum atomic E-state index is -0.585. The van der Waals surface area contributed by atoms with Gasteiger partial charge in [0.1, 0.15) is 5.82 Å². The smallest absolute Gasteiger partial charge is 0.277 e. The van der Waals surface area contributed by atoms with E-state index in [1.807, 2.05) is 0 Å². The summed E-state index contributed by atoms with van der Waals surface area (Å²) in [4.78, 5) is 12.1. The van der Waals surface area contributed by atoms with E-state index in [0.29, 0.717) is 5.69 Å². The molecule has 2 heterocycles. The Bertz CT molecular complexity index is 684. The summed E-state index contributed by atoms with van der Waals surface area (Å²) >= 11 is 5.61. The van der Waals surface area contributed by atoms with Gasteiger partial charge in [0, 0.05) is 5.69 Å². The molecule has 1 amide bonds. The van der Waals surface area contributed by atoms with Crippen LogP contribution in [0.2, 0.25) is 5.02 Å². The first-order chi connectivity index (χ1) is 10.6. The van der Waals surface area contributed by atoms with E-state index in [2.05, 4.69) is 20.9 Å². The van der Waals surface area contributed by atoms with Crippen molar-refractivity contribution >= 4 is 23.2 Å². The number of carbonyl (C=O) groups is 1. The number of carbonyl (C=O) groups excluding carboxylic acids is 1. The van der Waals surface area contributed by atoms with Crippen molar-refractivity contribution in [2.45, 2.75) is 18.9 Å². The summed E-state index contributed by atoms with van der Waals surface area (Å²) in [5, 5.41) is 13.8. The predicted molar refractivity (Wildman–Crippen MR) is 80.5 cm³/mol. The standard InChI is InChI=1S/C14H15ClFN5O/c15-11-2-1-9(7-12(11)16)18-14(22)13-8-21(20-19-13)10-3-5-17-6-4-10/h1-2,7-8,10,17H,3-6H2,(H,18,22). The summed E-state index contributed by atoms with van der Waals surface area (Å²) in [6.07, 6.45) is 3.53. The SMILES string of the molecule is O=C(Nc1ccc(Cl)c(F)c1)c1cn(C2CCNCC2)nn1. The highest BCUT2D eigenvalue weighted by Gasteiger charge is 2.19. The van der Waals surface area contributed by atoms with E-state index in [9.17, 15) is 9.18 Å². The third kappa shape index (κ3) is 3.26. The summed E-state index contributed by atoms with van der Waals surface area (Å²) in [5.74, 6) is -1.01. The van der Waals surface area contributed by atoms with Crippen molar-refractivity contribution in [2.75, 3.05) is 18.4 Å². The first kappa shape index (κ1) is 14.9. The molecule has 1 aliphatic rings. The van der Waals surface area contributed by atoms with E-state index in [0.717, 1.165) is 32.0 Å². The minimum Gasteiger partial charge on any atom is -0.320 e. The summed E-state index contributed by atoms with van der Waals surface area (Å²) in [5.41, 5.74) is 0.525. The van der Waals surface area contributed by atoms with Crippen molar-refractivity contribution in [3.8, 4) is 0 Å². The fraction of sp³-hybridized carbons (Fsp3) is 0.357. The van der Waals surface area contributed by atoms with E-state index in [-0.39, 0.29) is 16.8 Å². The molecule has 0 spiro atoms. The molecule has 116 valence electrons. The molecular formula is C14H15ClFN5O. The van der Waals surface area contributed by atoms with Crippen LogP contribution in [0.5, 0.6) is 0 Å². The van der Waals surface area contributed by atoms with Crippen LogP contribution in [0.3, 0.4) is 0 Å². The molecule has 6 nitrogen and oxygen atoms in total. The second-order valence-corrected chi connectivity index (χ2v) is 5.56. The topological polar surface area (TPSA) is 71.8 Å². The van der Waals surface area contributed by atoms with Gasteiger partial charge in [0.2, 0.25) is 0 Å². The zero-order valence-corrected chi connectivity index (χ0v) is 12.5. The van der Waals surface area contributed by atoms with Gasteiger partial charge in [-0.1, -0.05) is 16.8 Å². The highest BCUT2D eigenvalue weighted by Crippen LogP contribution is 2.20. The number of anilines is 1. The van der Waals surface area contributed by atoms with Crippen LogP contribution in [0.15, 0.2) is 24.4 Å². The third-order valence-corrected chi connectivity index (χ3v) is 3.91. The summed E-state index contributed by atoms with van der Waals surface area (Å²) in [6, 6.07) is 4.33. The molecule has 1 saturated heterocycles. The first-order valence-corrected chi connectivity index (χ1v) is 7.40. The first-order valence-electron chi connectivity index (χ1n) is 7.02. The number of piperidine rings is 1. The molecule has 1 aliphatic heterocycles. The van der Waals surface area contributed by atoms with Gasteiger partial charge in [-0.25, -0.2) is 9.07 Å². The van der Waals surface area contributed by atoms with Crippen molar-refractivity contribution in [3.63, 3.8) is 0 Å². The quantitative estimate of drug-likeness (QED) is 0.908. The molecule has 0 unspecified atom stereocenters. The predicted octanol–water partition coefficient (Wildman–Crippen LogP) is 2.25. The second-order valence-electron chi connectivity index (χ2n) is 5.15. The molecule has 8 heteroatoms. The molecule has 0 saturated carbocycles. The van der Waals surface area contributed by atoms with Crippen molar-refractivity contribution < 1.29 is 9.18 Å². The van der Waals surface area contributed by atoms with Crippen molar-refractivity contribution in [2.24, 2.45) is 0 Å². The number of nitrogens with one attached hydrogen (secondary N) is 2. The number of rotatable bonds is 3. The van der Waals surface area contributed by atoms with Crippen molar-refractivity contribution in [1.29, 1.82) is 0 Å². The lowest BCUT2D eigenvalue weighted by atomic mass is 10.1. The highest BCUT2D eigenvalue weighted by atomic mass is 35.5. The van der Waals surface area contributed by atoms with Crippen LogP contribution in [-0.4, -0.2) is 34.0 Å². The number of hydrogen-bond acceptors (Lipinski definition) is 4. The molecule has 0 bridgehead atoms. The number of nitrogens with zero attached hydrogens (tertiary/aromatic N) is 3. The maximum atomic E-state index is 13.4. The fourth-order valence-corrected chi connectivity index (χ4v) is 2.52. The molecule has 3 rings (SSSR count). The number of amides is 1. The average Bonchev–Trinajstić information content (AvgIpc) is 3.02. The number of benzene rings is 1. The summed E-state index contributed by atoms with van der Waals surface area (Å²) in [6.45, 7) is 1.85. The molecule has 0 aliphatic carbocycles. The molecule has 2 aromatic rings. The molecule has 1 aromatic heterocycles. The van der Waals surface area contributed by atoms with Crippen LogP contribution in [-0.2, 0) is 0 Å². The molecular weight excluding hydrogens is 309 g/mol. The van der Waals surface area contributed by atoms with Gasteiger partial charge in [-0.05, 0) is 44.1 Å². The Kier molecular flexibility index (Phi) is 4.35. The maximum Gasteiger partial charge on any atom is 0.277 e. The van der Waals surface area contributed by atoms with Crippen LogP contribution in [0.4, 0.5) is 10.1 Å². The van der Waals surface area contributed by atoms with Gasteiger partial charge in [0.15, 0.2) is 5.69 Å². The number of halogens is 2. The van der Waals surface area contributed by atoms with Gasteiger partial charge in [-0.2, -0.15) is 0 Å². The Labute approximate surface area is 131 Å². The van der Waals surface area contributed by atoms with E-state index in [4.69, 9.17) is 11.6 Å². The number of aromatic nitrogens is 3. The lowest BCUT2D eigenvalue weighted by Crippen LogP contribution is -2.29. The molecule has 1 aromatic carbocycles. The van der Waals surface area contributed by atoms with Crippen LogP contribution >= 0.6 is 11.6 Å².